The number of amides is 2. The van der Waals surface area contributed by atoms with Crippen molar-refractivity contribution in [2.24, 2.45) is 11.8 Å². The summed E-state index contributed by atoms with van der Waals surface area (Å²) in [6, 6.07) is 5.80. The van der Waals surface area contributed by atoms with Gasteiger partial charge < -0.3 is 19.4 Å². The third-order valence-corrected chi connectivity index (χ3v) is 4.80. The third-order valence-electron chi connectivity index (χ3n) is 4.80. The van der Waals surface area contributed by atoms with Gasteiger partial charge in [-0.1, -0.05) is 13.0 Å². The molecule has 130 valence electrons. The molecular formula is C17H24N4O3. The number of hydrogen-bond donors (Lipinski definition) is 0. The Kier molecular flexibility index (Phi) is 4.99. The van der Waals surface area contributed by atoms with Gasteiger partial charge in [0.05, 0.1) is 19.2 Å². The van der Waals surface area contributed by atoms with Gasteiger partial charge in [-0.2, -0.15) is 0 Å². The lowest BCUT2D eigenvalue weighted by Gasteiger charge is -2.22. The summed E-state index contributed by atoms with van der Waals surface area (Å²) in [5, 5.41) is 0. The lowest BCUT2D eigenvalue weighted by atomic mass is 9.97. The van der Waals surface area contributed by atoms with Crippen molar-refractivity contribution in [2.75, 3.05) is 51.5 Å². The average Bonchev–Trinajstić information content (AvgIpc) is 3.16. The maximum atomic E-state index is 12.9. The van der Waals surface area contributed by atoms with Gasteiger partial charge in [0.1, 0.15) is 12.4 Å². The summed E-state index contributed by atoms with van der Waals surface area (Å²) < 4.78 is 5.02. The van der Waals surface area contributed by atoms with E-state index in [1.54, 1.807) is 23.1 Å². The van der Waals surface area contributed by atoms with Gasteiger partial charge >= 0.3 is 0 Å². The Bertz CT molecular complexity index is 595. The van der Waals surface area contributed by atoms with Crippen LogP contribution in [0, 0.1) is 11.8 Å². The minimum Gasteiger partial charge on any atom is -0.383 e. The highest BCUT2D eigenvalue weighted by atomic mass is 16.5. The molecule has 2 amide bonds. The number of nitrogens with zero attached hydrogens (tertiary/aromatic N) is 4. The van der Waals surface area contributed by atoms with Crippen molar-refractivity contribution >= 4 is 17.6 Å². The SMILES string of the molecule is COCCN1CN(C(=O)[C@@H]2CN(c3ccccn3)C[C@H]2C)CC1=O. The molecule has 7 heteroatoms. The number of aromatic nitrogens is 1. The number of anilines is 1. The molecule has 2 aliphatic heterocycles. The van der Waals surface area contributed by atoms with Crippen molar-refractivity contribution in [1.82, 2.24) is 14.8 Å². The fourth-order valence-electron chi connectivity index (χ4n) is 3.39. The van der Waals surface area contributed by atoms with Gasteiger partial charge in [-0.15, -0.1) is 0 Å². The molecule has 1 aromatic rings. The zero-order chi connectivity index (χ0) is 17.1. The molecule has 0 aromatic carbocycles. The molecule has 2 saturated heterocycles. The number of carbonyl (C=O) groups is 2. The van der Waals surface area contributed by atoms with Gasteiger partial charge in [0.25, 0.3) is 0 Å². The van der Waals surface area contributed by atoms with Crippen molar-refractivity contribution in [2.45, 2.75) is 6.92 Å². The van der Waals surface area contributed by atoms with E-state index < -0.39 is 0 Å². The van der Waals surface area contributed by atoms with Crippen molar-refractivity contribution in [3.05, 3.63) is 24.4 Å². The molecule has 1 aromatic heterocycles. The summed E-state index contributed by atoms with van der Waals surface area (Å²) >= 11 is 0. The molecule has 2 fully saturated rings. The number of hydrogen-bond acceptors (Lipinski definition) is 5. The van der Waals surface area contributed by atoms with Crippen LogP contribution in [0.25, 0.3) is 0 Å². The standard InChI is InChI=1S/C17H24N4O3/c1-13-9-20(15-5-3-4-6-18-15)10-14(13)17(23)21-11-16(22)19(12-21)7-8-24-2/h3-6,13-14H,7-12H2,1-2H3/t13-,14-/m1/s1. The number of carbonyl (C=O) groups excluding carboxylic acids is 2. The number of methoxy groups -OCH3 is 1. The lowest BCUT2D eigenvalue weighted by molar-refractivity contribution is -0.136. The Morgan fingerprint density at radius 2 is 2.21 bits per heavy atom. The van der Waals surface area contributed by atoms with E-state index in [0.29, 0.717) is 26.4 Å². The Morgan fingerprint density at radius 1 is 1.38 bits per heavy atom. The maximum absolute atomic E-state index is 12.9. The van der Waals surface area contributed by atoms with Crippen molar-refractivity contribution in [3.63, 3.8) is 0 Å². The van der Waals surface area contributed by atoms with Crippen LogP contribution in [0.1, 0.15) is 6.92 Å². The van der Waals surface area contributed by atoms with Crippen molar-refractivity contribution in [3.8, 4) is 0 Å². The molecule has 3 rings (SSSR count). The summed E-state index contributed by atoms with van der Waals surface area (Å²) in [6.45, 7) is 5.11. The largest absolute Gasteiger partial charge is 0.383 e. The minimum atomic E-state index is -0.0952. The summed E-state index contributed by atoms with van der Waals surface area (Å²) in [5.41, 5.74) is 0. The summed E-state index contributed by atoms with van der Waals surface area (Å²) in [5.74, 6) is 1.10. The Labute approximate surface area is 142 Å². The normalized spacial score (nSPS) is 24.1. The summed E-state index contributed by atoms with van der Waals surface area (Å²) in [7, 11) is 1.61. The van der Waals surface area contributed by atoms with Crippen LogP contribution in [0.5, 0.6) is 0 Å². The molecule has 24 heavy (non-hydrogen) atoms. The molecule has 0 spiro atoms. The first-order valence-corrected chi connectivity index (χ1v) is 8.31. The van der Waals surface area contributed by atoms with Crippen LogP contribution in [0.15, 0.2) is 24.4 Å². The van der Waals surface area contributed by atoms with Crippen molar-refractivity contribution in [1.29, 1.82) is 0 Å². The second-order valence-electron chi connectivity index (χ2n) is 6.50. The molecule has 0 unspecified atom stereocenters. The van der Waals surface area contributed by atoms with E-state index in [4.69, 9.17) is 4.74 Å². The summed E-state index contributed by atoms with van der Waals surface area (Å²) in [6.07, 6.45) is 1.77. The van der Waals surface area contributed by atoms with Crippen molar-refractivity contribution < 1.29 is 14.3 Å². The molecule has 2 atom stereocenters. The van der Waals surface area contributed by atoms with E-state index >= 15 is 0 Å². The molecule has 0 saturated carbocycles. The van der Waals surface area contributed by atoms with Crippen LogP contribution in [0.3, 0.4) is 0 Å². The van der Waals surface area contributed by atoms with E-state index in [2.05, 4.69) is 16.8 Å². The molecule has 0 radical (unpaired) electrons. The first-order chi connectivity index (χ1) is 11.6. The first-order valence-electron chi connectivity index (χ1n) is 8.31. The predicted octanol–water partition coefficient (Wildman–Crippen LogP) is 0.429. The van der Waals surface area contributed by atoms with Gasteiger partial charge in [0, 0.05) is 32.9 Å². The van der Waals surface area contributed by atoms with E-state index in [0.717, 1.165) is 12.4 Å². The smallest absolute Gasteiger partial charge is 0.243 e. The first kappa shape index (κ1) is 16.7. The van der Waals surface area contributed by atoms with Crippen LogP contribution in [-0.2, 0) is 14.3 Å². The number of pyridine rings is 1. The molecule has 7 nitrogen and oxygen atoms in total. The van der Waals surface area contributed by atoms with E-state index in [1.807, 2.05) is 18.2 Å². The van der Waals surface area contributed by atoms with Crippen LogP contribution in [-0.4, -0.2) is 73.2 Å². The van der Waals surface area contributed by atoms with E-state index in [9.17, 15) is 9.59 Å². The highest BCUT2D eigenvalue weighted by Gasteiger charge is 2.40. The lowest BCUT2D eigenvalue weighted by Crippen LogP contribution is -2.39. The van der Waals surface area contributed by atoms with Crippen LogP contribution >= 0.6 is 0 Å². The highest BCUT2D eigenvalue weighted by molar-refractivity contribution is 5.89. The molecule has 0 N–H and O–H groups in total. The van der Waals surface area contributed by atoms with Gasteiger partial charge in [-0.25, -0.2) is 4.98 Å². The van der Waals surface area contributed by atoms with Gasteiger partial charge in [0.15, 0.2) is 0 Å². The van der Waals surface area contributed by atoms with Gasteiger partial charge in [0.2, 0.25) is 11.8 Å². The summed E-state index contributed by atoms with van der Waals surface area (Å²) in [4.78, 5) is 34.8. The van der Waals surface area contributed by atoms with E-state index in [-0.39, 0.29) is 30.2 Å². The fourth-order valence-corrected chi connectivity index (χ4v) is 3.39. The zero-order valence-electron chi connectivity index (χ0n) is 14.2. The molecule has 3 heterocycles. The van der Waals surface area contributed by atoms with Gasteiger partial charge in [-0.05, 0) is 18.1 Å². The highest BCUT2D eigenvalue weighted by Crippen LogP contribution is 2.29. The topological polar surface area (TPSA) is 66.0 Å². The minimum absolute atomic E-state index is 0.00682. The quantitative estimate of drug-likeness (QED) is 0.782. The monoisotopic (exact) mass is 332 g/mol. The fraction of sp³-hybridized carbons (Fsp3) is 0.588. The Balaban J connectivity index is 1.62. The molecule has 2 aliphatic rings. The number of rotatable bonds is 5. The Morgan fingerprint density at radius 3 is 2.92 bits per heavy atom. The maximum Gasteiger partial charge on any atom is 0.243 e. The molecular weight excluding hydrogens is 308 g/mol. The van der Waals surface area contributed by atoms with E-state index in [1.165, 1.54) is 0 Å². The van der Waals surface area contributed by atoms with Crippen LogP contribution in [0.2, 0.25) is 0 Å². The molecule has 0 bridgehead atoms. The second kappa shape index (κ2) is 7.17. The third kappa shape index (κ3) is 3.36. The van der Waals surface area contributed by atoms with Crippen LogP contribution < -0.4 is 4.90 Å². The van der Waals surface area contributed by atoms with Gasteiger partial charge in [-0.3, -0.25) is 9.59 Å². The average molecular weight is 332 g/mol. The predicted molar refractivity (Wildman–Crippen MR) is 89.3 cm³/mol. The Hall–Kier alpha value is -2.15. The van der Waals surface area contributed by atoms with Crippen LogP contribution in [0.4, 0.5) is 5.82 Å². The molecule has 0 aliphatic carbocycles. The number of ether oxygens (including phenoxy) is 1. The zero-order valence-corrected chi connectivity index (χ0v) is 14.2. The second-order valence-corrected chi connectivity index (χ2v) is 6.50.